The molecule has 1 unspecified atom stereocenters. The van der Waals surface area contributed by atoms with E-state index in [1.807, 2.05) is 55.5 Å². The summed E-state index contributed by atoms with van der Waals surface area (Å²) < 4.78 is 11.2. The molecular formula is C19H24ClN3O2. The molecule has 5 nitrogen and oxygen atoms in total. The predicted octanol–water partition coefficient (Wildman–Crippen LogP) is 3.48. The fourth-order valence-corrected chi connectivity index (χ4v) is 2.48. The molecule has 0 spiro atoms. The number of hydrogen-bond acceptors (Lipinski definition) is 3. The van der Waals surface area contributed by atoms with Gasteiger partial charge in [-0.2, -0.15) is 0 Å². The zero-order valence-corrected chi connectivity index (χ0v) is 15.5. The van der Waals surface area contributed by atoms with E-state index in [4.69, 9.17) is 21.1 Å². The van der Waals surface area contributed by atoms with E-state index in [1.165, 1.54) is 0 Å². The SMILES string of the molecule is CN=C(NCc1cccc(Cl)c1)NCC(C)Oc1ccccc1OC. The van der Waals surface area contributed by atoms with Gasteiger partial charge in [-0.15, -0.1) is 0 Å². The molecule has 0 radical (unpaired) electrons. The van der Waals surface area contributed by atoms with Crippen LogP contribution in [-0.4, -0.2) is 32.8 Å². The van der Waals surface area contributed by atoms with Crippen molar-refractivity contribution in [1.82, 2.24) is 10.6 Å². The Balaban J connectivity index is 1.81. The molecule has 2 rings (SSSR count). The minimum absolute atomic E-state index is 0.0546. The smallest absolute Gasteiger partial charge is 0.191 e. The van der Waals surface area contributed by atoms with E-state index in [2.05, 4.69) is 15.6 Å². The molecule has 0 aliphatic carbocycles. The zero-order chi connectivity index (χ0) is 18.1. The average molecular weight is 362 g/mol. The first-order valence-electron chi connectivity index (χ1n) is 8.11. The van der Waals surface area contributed by atoms with Crippen molar-refractivity contribution < 1.29 is 9.47 Å². The van der Waals surface area contributed by atoms with Crippen LogP contribution >= 0.6 is 11.6 Å². The molecule has 0 bridgehead atoms. The van der Waals surface area contributed by atoms with Gasteiger partial charge in [0.2, 0.25) is 0 Å². The van der Waals surface area contributed by atoms with Gasteiger partial charge < -0.3 is 20.1 Å². The first-order chi connectivity index (χ1) is 12.1. The predicted molar refractivity (Wildman–Crippen MR) is 103 cm³/mol. The Morgan fingerprint density at radius 3 is 2.56 bits per heavy atom. The fraction of sp³-hybridized carbons (Fsp3) is 0.316. The van der Waals surface area contributed by atoms with E-state index in [9.17, 15) is 0 Å². The van der Waals surface area contributed by atoms with Gasteiger partial charge >= 0.3 is 0 Å². The molecule has 0 heterocycles. The molecule has 0 amide bonds. The summed E-state index contributed by atoms with van der Waals surface area (Å²) in [7, 11) is 3.37. The summed E-state index contributed by atoms with van der Waals surface area (Å²) >= 11 is 6.00. The highest BCUT2D eigenvalue weighted by molar-refractivity contribution is 6.30. The van der Waals surface area contributed by atoms with E-state index in [0.717, 1.165) is 22.1 Å². The lowest BCUT2D eigenvalue weighted by Gasteiger charge is -2.19. The van der Waals surface area contributed by atoms with Crippen molar-refractivity contribution in [2.24, 2.45) is 4.99 Å². The van der Waals surface area contributed by atoms with Gasteiger partial charge in [-0.3, -0.25) is 4.99 Å². The van der Waals surface area contributed by atoms with E-state index in [-0.39, 0.29) is 6.10 Å². The van der Waals surface area contributed by atoms with Gasteiger partial charge in [0.15, 0.2) is 17.5 Å². The highest BCUT2D eigenvalue weighted by Gasteiger charge is 2.09. The second kappa shape index (κ2) is 9.79. The van der Waals surface area contributed by atoms with Gasteiger partial charge in [0.1, 0.15) is 6.10 Å². The van der Waals surface area contributed by atoms with E-state index in [0.29, 0.717) is 19.0 Å². The van der Waals surface area contributed by atoms with Gasteiger partial charge in [0.05, 0.1) is 13.7 Å². The fourth-order valence-electron chi connectivity index (χ4n) is 2.27. The second-order valence-electron chi connectivity index (χ2n) is 5.52. The van der Waals surface area contributed by atoms with Crippen molar-refractivity contribution in [3.8, 4) is 11.5 Å². The molecular weight excluding hydrogens is 338 g/mol. The Kier molecular flexibility index (Phi) is 7.41. The van der Waals surface area contributed by atoms with Crippen molar-refractivity contribution in [2.75, 3.05) is 20.7 Å². The third-order valence-corrected chi connectivity index (χ3v) is 3.76. The van der Waals surface area contributed by atoms with Crippen LogP contribution in [0.5, 0.6) is 11.5 Å². The van der Waals surface area contributed by atoms with Gasteiger partial charge in [-0.05, 0) is 36.8 Å². The third kappa shape index (κ3) is 6.19. The summed E-state index contributed by atoms with van der Waals surface area (Å²) in [6, 6.07) is 15.3. The maximum atomic E-state index is 6.00. The number of ether oxygens (including phenoxy) is 2. The molecule has 6 heteroatoms. The van der Waals surface area contributed by atoms with E-state index < -0.39 is 0 Å². The zero-order valence-electron chi connectivity index (χ0n) is 14.8. The number of benzene rings is 2. The molecule has 2 N–H and O–H groups in total. The molecule has 0 saturated carbocycles. The average Bonchev–Trinajstić information content (AvgIpc) is 2.62. The number of halogens is 1. The second-order valence-corrected chi connectivity index (χ2v) is 5.95. The summed E-state index contributed by atoms with van der Waals surface area (Å²) in [4.78, 5) is 4.22. The Bertz CT molecular complexity index is 707. The van der Waals surface area contributed by atoms with Gasteiger partial charge in [0.25, 0.3) is 0 Å². The minimum atomic E-state index is -0.0546. The molecule has 134 valence electrons. The lowest BCUT2D eigenvalue weighted by molar-refractivity contribution is 0.213. The van der Waals surface area contributed by atoms with Crippen LogP contribution in [0.1, 0.15) is 12.5 Å². The number of hydrogen-bond donors (Lipinski definition) is 2. The number of aliphatic imine (C=N–C) groups is 1. The van der Waals surface area contributed by atoms with Crippen LogP contribution in [0.25, 0.3) is 0 Å². The van der Waals surface area contributed by atoms with Crippen LogP contribution < -0.4 is 20.1 Å². The Hall–Kier alpha value is -2.40. The normalized spacial score (nSPS) is 12.4. The Morgan fingerprint density at radius 2 is 1.88 bits per heavy atom. The van der Waals surface area contributed by atoms with Gasteiger partial charge in [-0.1, -0.05) is 35.9 Å². The quantitative estimate of drug-likeness (QED) is 0.585. The van der Waals surface area contributed by atoms with Crippen LogP contribution in [0.3, 0.4) is 0 Å². The van der Waals surface area contributed by atoms with Crippen molar-refractivity contribution in [3.63, 3.8) is 0 Å². The van der Waals surface area contributed by atoms with Crippen LogP contribution in [-0.2, 0) is 6.54 Å². The van der Waals surface area contributed by atoms with Crippen molar-refractivity contribution in [3.05, 3.63) is 59.1 Å². The highest BCUT2D eigenvalue weighted by atomic mass is 35.5. The molecule has 2 aromatic rings. The van der Waals surface area contributed by atoms with Gasteiger partial charge in [-0.25, -0.2) is 0 Å². The summed E-state index contributed by atoms with van der Waals surface area (Å²) in [6.45, 7) is 3.24. The van der Waals surface area contributed by atoms with Crippen LogP contribution in [0.4, 0.5) is 0 Å². The van der Waals surface area contributed by atoms with E-state index in [1.54, 1.807) is 14.2 Å². The minimum Gasteiger partial charge on any atom is -0.493 e. The van der Waals surface area contributed by atoms with E-state index >= 15 is 0 Å². The third-order valence-electron chi connectivity index (χ3n) is 3.53. The number of nitrogens with one attached hydrogen (secondary N) is 2. The summed E-state index contributed by atoms with van der Waals surface area (Å²) in [5.74, 6) is 2.15. The topological polar surface area (TPSA) is 54.9 Å². The van der Waals surface area contributed by atoms with Gasteiger partial charge in [0, 0.05) is 18.6 Å². The summed E-state index contributed by atoms with van der Waals surface area (Å²) in [5, 5.41) is 7.23. The Morgan fingerprint density at radius 1 is 1.12 bits per heavy atom. The number of rotatable bonds is 7. The Labute approximate surface area is 154 Å². The number of nitrogens with zero attached hydrogens (tertiary/aromatic N) is 1. The van der Waals surface area contributed by atoms with Crippen molar-refractivity contribution in [1.29, 1.82) is 0 Å². The summed E-state index contributed by atoms with van der Waals surface area (Å²) in [6.07, 6.45) is -0.0546. The molecule has 0 aliphatic heterocycles. The highest BCUT2D eigenvalue weighted by Crippen LogP contribution is 2.26. The van der Waals surface area contributed by atoms with Crippen LogP contribution in [0.15, 0.2) is 53.5 Å². The van der Waals surface area contributed by atoms with Crippen LogP contribution in [0.2, 0.25) is 5.02 Å². The maximum Gasteiger partial charge on any atom is 0.191 e. The van der Waals surface area contributed by atoms with Crippen LogP contribution in [0, 0.1) is 0 Å². The molecule has 1 atom stereocenters. The molecule has 2 aromatic carbocycles. The number of guanidine groups is 1. The standard InChI is InChI=1S/C19H24ClN3O2/c1-14(25-18-10-5-4-9-17(18)24-3)12-22-19(21-2)23-13-15-7-6-8-16(20)11-15/h4-11,14H,12-13H2,1-3H3,(H2,21,22,23). The molecule has 0 aliphatic rings. The largest absolute Gasteiger partial charge is 0.493 e. The summed E-state index contributed by atoms with van der Waals surface area (Å²) in [5.41, 5.74) is 1.09. The first-order valence-corrected chi connectivity index (χ1v) is 8.48. The lowest BCUT2D eigenvalue weighted by Crippen LogP contribution is -2.41. The lowest BCUT2D eigenvalue weighted by atomic mass is 10.2. The number of para-hydroxylation sites is 2. The maximum absolute atomic E-state index is 6.00. The van der Waals surface area contributed by atoms with Crippen molar-refractivity contribution >= 4 is 17.6 Å². The molecule has 0 fully saturated rings. The first kappa shape index (κ1) is 18.9. The molecule has 25 heavy (non-hydrogen) atoms. The van der Waals surface area contributed by atoms with Crippen molar-refractivity contribution in [2.45, 2.75) is 19.6 Å². The number of methoxy groups -OCH3 is 1. The monoisotopic (exact) mass is 361 g/mol. The molecule has 0 aromatic heterocycles. The molecule has 0 saturated heterocycles.